The topological polar surface area (TPSA) is 38.1 Å². The highest BCUT2D eigenvalue weighted by atomic mass is 35.5. The van der Waals surface area contributed by atoms with Crippen LogP contribution in [0.1, 0.15) is 15.9 Å². The van der Waals surface area contributed by atoms with Gasteiger partial charge in [0.15, 0.2) is 0 Å². The van der Waals surface area contributed by atoms with Crippen molar-refractivity contribution in [1.29, 1.82) is 0 Å². The predicted molar refractivity (Wildman–Crippen MR) is 90.8 cm³/mol. The largest absolute Gasteiger partial charge is 0.337 e. The highest BCUT2D eigenvalue weighted by molar-refractivity contribution is 6.31. The molecule has 0 unspecified atom stereocenters. The molecule has 0 aliphatic carbocycles. The summed E-state index contributed by atoms with van der Waals surface area (Å²) in [6, 6.07) is 16.8. The van der Waals surface area contributed by atoms with Gasteiger partial charge in [-0.3, -0.25) is 4.79 Å². The number of halogens is 1. The Morgan fingerprint density at radius 2 is 1.87 bits per heavy atom. The summed E-state index contributed by atoms with van der Waals surface area (Å²) in [5, 5.41) is 4.84. The van der Waals surface area contributed by atoms with E-state index in [4.69, 9.17) is 11.6 Å². The Labute approximate surface area is 139 Å². The van der Waals surface area contributed by atoms with Gasteiger partial charge in [-0.05, 0) is 42.0 Å². The fraction of sp³-hybridized carbons (Fsp3) is 0.111. The molecule has 1 heterocycles. The summed E-state index contributed by atoms with van der Waals surface area (Å²) in [5.41, 5.74) is 2.48. The van der Waals surface area contributed by atoms with Crippen molar-refractivity contribution in [2.75, 3.05) is 7.05 Å². The monoisotopic (exact) mass is 325 g/mol. The zero-order valence-electron chi connectivity index (χ0n) is 12.7. The fourth-order valence-electron chi connectivity index (χ4n) is 2.35. The van der Waals surface area contributed by atoms with E-state index in [1.165, 1.54) is 0 Å². The van der Waals surface area contributed by atoms with E-state index in [0.29, 0.717) is 17.1 Å². The molecule has 1 amide bonds. The van der Waals surface area contributed by atoms with Crippen molar-refractivity contribution in [2.45, 2.75) is 6.54 Å². The van der Waals surface area contributed by atoms with Gasteiger partial charge < -0.3 is 4.90 Å². The van der Waals surface area contributed by atoms with Crippen LogP contribution in [0.4, 0.5) is 0 Å². The first kappa shape index (κ1) is 15.3. The average molecular weight is 326 g/mol. The van der Waals surface area contributed by atoms with Crippen LogP contribution in [0.3, 0.4) is 0 Å². The van der Waals surface area contributed by atoms with Gasteiger partial charge in [-0.15, -0.1) is 0 Å². The van der Waals surface area contributed by atoms with E-state index in [2.05, 4.69) is 5.10 Å². The van der Waals surface area contributed by atoms with E-state index in [0.717, 1.165) is 11.3 Å². The molecular weight excluding hydrogens is 310 g/mol. The molecule has 0 fully saturated rings. The normalized spacial score (nSPS) is 10.5. The van der Waals surface area contributed by atoms with E-state index in [-0.39, 0.29) is 5.91 Å². The Kier molecular flexibility index (Phi) is 4.44. The quantitative estimate of drug-likeness (QED) is 0.732. The number of hydrogen-bond donors (Lipinski definition) is 0. The van der Waals surface area contributed by atoms with Crippen molar-refractivity contribution in [3.63, 3.8) is 0 Å². The van der Waals surface area contributed by atoms with Crippen LogP contribution in [-0.4, -0.2) is 27.6 Å². The number of aromatic nitrogens is 2. The number of rotatable bonds is 4. The maximum absolute atomic E-state index is 12.5. The first-order valence-electron chi connectivity index (χ1n) is 7.24. The molecule has 0 spiro atoms. The smallest absolute Gasteiger partial charge is 0.253 e. The molecule has 0 bridgehead atoms. The van der Waals surface area contributed by atoms with Gasteiger partial charge in [0.25, 0.3) is 5.91 Å². The predicted octanol–water partition coefficient (Wildman–Crippen LogP) is 3.80. The molecule has 3 aromatic rings. The molecule has 0 aliphatic heterocycles. The molecule has 0 N–H and O–H groups in total. The van der Waals surface area contributed by atoms with E-state index >= 15 is 0 Å². The third-order valence-corrected chi connectivity index (χ3v) is 3.96. The summed E-state index contributed by atoms with van der Waals surface area (Å²) in [7, 11) is 1.77. The zero-order chi connectivity index (χ0) is 16.2. The van der Waals surface area contributed by atoms with Crippen LogP contribution >= 0.6 is 11.6 Å². The van der Waals surface area contributed by atoms with Crippen LogP contribution in [0.5, 0.6) is 0 Å². The van der Waals surface area contributed by atoms with E-state index in [9.17, 15) is 4.79 Å². The summed E-state index contributed by atoms with van der Waals surface area (Å²) in [4.78, 5) is 14.2. The first-order valence-corrected chi connectivity index (χ1v) is 7.62. The average Bonchev–Trinajstić information content (AvgIpc) is 3.11. The van der Waals surface area contributed by atoms with Gasteiger partial charge in [0.1, 0.15) is 0 Å². The van der Waals surface area contributed by atoms with Crippen molar-refractivity contribution >= 4 is 17.5 Å². The maximum Gasteiger partial charge on any atom is 0.253 e. The zero-order valence-corrected chi connectivity index (χ0v) is 13.4. The molecule has 0 saturated carbocycles. The fourth-order valence-corrected chi connectivity index (χ4v) is 2.55. The molecule has 0 saturated heterocycles. The minimum atomic E-state index is -0.0445. The third-order valence-electron chi connectivity index (χ3n) is 3.60. The van der Waals surface area contributed by atoms with Gasteiger partial charge in [-0.25, -0.2) is 4.68 Å². The number of hydrogen-bond acceptors (Lipinski definition) is 2. The van der Waals surface area contributed by atoms with Crippen LogP contribution in [-0.2, 0) is 6.54 Å². The highest BCUT2D eigenvalue weighted by Crippen LogP contribution is 2.18. The summed E-state index contributed by atoms with van der Waals surface area (Å²) in [6.07, 6.45) is 3.58. The van der Waals surface area contributed by atoms with Gasteiger partial charge in [-0.2, -0.15) is 5.10 Å². The second kappa shape index (κ2) is 6.67. The van der Waals surface area contributed by atoms with Crippen LogP contribution in [0.2, 0.25) is 5.02 Å². The lowest BCUT2D eigenvalue weighted by Gasteiger charge is -2.18. The summed E-state index contributed by atoms with van der Waals surface area (Å²) >= 11 is 6.15. The van der Waals surface area contributed by atoms with Gasteiger partial charge in [-0.1, -0.05) is 29.8 Å². The van der Waals surface area contributed by atoms with Crippen molar-refractivity contribution in [2.24, 2.45) is 0 Å². The molecule has 0 aliphatic rings. The Hall–Kier alpha value is -2.59. The van der Waals surface area contributed by atoms with Crippen LogP contribution < -0.4 is 0 Å². The SMILES string of the molecule is CN(Cc1ccccc1Cl)C(=O)c1ccc(-n2cccn2)cc1. The Bertz CT molecular complexity index is 797. The molecule has 2 aromatic carbocycles. The van der Waals surface area contributed by atoms with Crippen molar-refractivity contribution in [1.82, 2.24) is 14.7 Å². The standard InChI is InChI=1S/C18H16ClN3O/c1-21(13-15-5-2-3-6-17(15)19)18(23)14-7-9-16(10-8-14)22-12-4-11-20-22/h2-12H,13H2,1H3. The van der Waals surface area contributed by atoms with Crippen LogP contribution in [0.15, 0.2) is 67.0 Å². The molecule has 3 rings (SSSR count). The van der Waals surface area contributed by atoms with Gasteiger partial charge in [0.2, 0.25) is 0 Å². The lowest BCUT2D eigenvalue weighted by Crippen LogP contribution is -2.26. The molecule has 1 aromatic heterocycles. The molecule has 4 nitrogen and oxygen atoms in total. The van der Waals surface area contributed by atoms with Crippen LogP contribution in [0.25, 0.3) is 5.69 Å². The van der Waals surface area contributed by atoms with Gasteiger partial charge >= 0.3 is 0 Å². The molecule has 23 heavy (non-hydrogen) atoms. The Morgan fingerprint density at radius 1 is 1.13 bits per heavy atom. The van der Waals surface area contributed by atoms with E-state index < -0.39 is 0 Å². The molecule has 0 atom stereocenters. The highest BCUT2D eigenvalue weighted by Gasteiger charge is 2.13. The molecule has 0 radical (unpaired) electrons. The van der Waals surface area contributed by atoms with Gasteiger partial charge in [0, 0.05) is 36.6 Å². The van der Waals surface area contributed by atoms with Crippen molar-refractivity contribution in [3.05, 3.63) is 83.1 Å². The number of carbonyl (C=O) groups excluding carboxylic acids is 1. The number of amides is 1. The minimum Gasteiger partial charge on any atom is -0.337 e. The van der Waals surface area contributed by atoms with Crippen molar-refractivity contribution < 1.29 is 4.79 Å². The lowest BCUT2D eigenvalue weighted by atomic mass is 10.1. The summed E-state index contributed by atoms with van der Waals surface area (Å²) in [6.45, 7) is 0.472. The maximum atomic E-state index is 12.5. The third kappa shape index (κ3) is 3.43. The van der Waals surface area contributed by atoms with E-state index in [1.807, 2.05) is 60.8 Å². The second-order valence-corrected chi connectivity index (χ2v) is 5.66. The molecular formula is C18H16ClN3O. The van der Waals surface area contributed by atoms with Crippen LogP contribution in [0, 0.1) is 0 Å². The van der Waals surface area contributed by atoms with Gasteiger partial charge in [0.05, 0.1) is 5.69 Å². The first-order chi connectivity index (χ1) is 11.1. The lowest BCUT2D eigenvalue weighted by molar-refractivity contribution is 0.0785. The molecule has 5 heteroatoms. The number of nitrogens with zero attached hydrogens (tertiary/aromatic N) is 3. The number of carbonyl (C=O) groups is 1. The Balaban J connectivity index is 1.73. The van der Waals surface area contributed by atoms with Crippen molar-refractivity contribution in [3.8, 4) is 5.69 Å². The second-order valence-electron chi connectivity index (χ2n) is 5.25. The summed E-state index contributed by atoms with van der Waals surface area (Å²) in [5.74, 6) is -0.0445. The summed E-state index contributed by atoms with van der Waals surface area (Å²) < 4.78 is 1.75. The minimum absolute atomic E-state index is 0.0445. The van der Waals surface area contributed by atoms with E-state index in [1.54, 1.807) is 22.8 Å². The molecule has 116 valence electrons. The Morgan fingerprint density at radius 3 is 2.52 bits per heavy atom. The number of benzene rings is 2.